The molecule has 8 nitrogen and oxygen atoms in total. The number of nitrogens with zero attached hydrogens (tertiary/aromatic N) is 1. The van der Waals surface area contributed by atoms with Crippen LogP contribution in [0.5, 0.6) is 0 Å². The molecule has 1 rings (SSSR count). The molecule has 0 saturated carbocycles. The van der Waals surface area contributed by atoms with Gasteiger partial charge in [0.15, 0.2) is 0 Å². The van der Waals surface area contributed by atoms with Gasteiger partial charge in [0.05, 0.1) is 19.7 Å². The number of imide groups is 1. The van der Waals surface area contributed by atoms with Crippen LogP contribution >= 0.6 is 0 Å². The topological polar surface area (TPSA) is 99.8 Å². The molecule has 0 saturated heterocycles. The first-order chi connectivity index (χ1) is 11.5. The average Bonchev–Trinajstić information content (AvgIpc) is 2.53. The third kappa shape index (κ3) is 8.86. The normalized spacial score (nSPS) is 10.3. The highest BCUT2D eigenvalue weighted by Crippen LogP contribution is 1.96. The Balaban J connectivity index is 2.21. The number of amides is 4. The van der Waals surface area contributed by atoms with Crippen LogP contribution in [0, 0.1) is 0 Å². The summed E-state index contributed by atoms with van der Waals surface area (Å²) in [7, 11) is 3.17. The van der Waals surface area contributed by atoms with Crippen molar-refractivity contribution < 1.29 is 19.1 Å². The zero-order valence-electron chi connectivity index (χ0n) is 14.0. The third-order valence-electron chi connectivity index (χ3n) is 3.00. The summed E-state index contributed by atoms with van der Waals surface area (Å²) < 4.78 is 4.82. The lowest BCUT2D eigenvalue weighted by atomic mass is 10.2. The molecule has 0 heterocycles. The predicted octanol–water partition coefficient (Wildman–Crippen LogP) is -0.293. The molecular formula is C16H24N4O4. The number of hydrogen-bond donors (Lipinski definition) is 3. The molecule has 4 amide bonds. The number of hydrogen-bond acceptors (Lipinski definition) is 5. The van der Waals surface area contributed by atoms with E-state index < -0.39 is 11.9 Å². The fourth-order valence-corrected chi connectivity index (χ4v) is 1.88. The van der Waals surface area contributed by atoms with Gasteiger partial charge >= 0.3 is 6.03 Å². The quantitative estimate of drug-likeness (QED) is 0.538. The maximum atomic E-state index is 11.8. The van der Waals surface area contributed by atoms with E-state index in [1.54, 1.807) is 14.2 Å². The van der Waals surface area contributed by atoms with E-state index in [4.69, 9.17) is 4.74 Å². The maximum absolute atomic E-state index is 11.8. The van der Waals surface area contributed by atoms with Crippen molar-refractivity contribution in [1.82, 2.24) is 20.9 Å². The van der Waals surface area contributed by atoms with Crippen molar-refractivity contribution in [2.45, 2.75) is 6.54 Å². The Morgan fingerprint density at radius 3 is 2.38 bits per heavy atom. The molecule has 1 aromatic carbocycles. The monoisotopic (exact) mass is 336 g/mol. The molecule has 0 aromatic heterocycles. The lowest BCUT2D eigenvalue weighted by Gasteiger charge is -2.15. The number of methoxy groups -OCH3 is 1. The van der Waals surface area contributed by atoms with Crippen molar-refractivity contribution in [3.05, 3.63) is 35.9 Å². The highest BCUT2D eigenvalue weighted by Gasteiger charge is 2.12. The molecular weight excluding hydrogens is 312 g/mol. The molecule has 0 spiro atoms. The molecule has 0 unspecified atom stereocenters. The summed E-state index contributed by atoms with van der Waals surface area (Å²) in [6.45, 7) is 1.17. The third-order valence-corrected chi connectivity index (χ3v) is 3.00. The Labute approximate surface area is 141 Å². The molecule has 0 radical (unpaired) electrons. The van der Waals surface area contributed by atoms with E-state index in [-0.39, 0.29) is 19.0 Å². The van der Waals surface area contributed by atoms with Crippen molar-refractivity contribution in [3.8, 4) is 0 Å². The average molecular weight is 336 g/mol. The SMILES string of the molecule is COCCNC(=O)CN(C)CC(=O)NC(=O)NCc1ccccc1. The molecule has 0 bridgehead atoms. The van der Waals surface area contributed by atoms with Crippen LogP contribution in [0.15, 0.2) is 30.3 Å². The van der Waals surface area contributed by atoms with Crippen molar-refractivity contribution in [1.29, 1.82) is 0 Å². The van der Waals surface area contributed by atoms with Crippen molar-refractivity contribution in [2.24, 2.45) is 0 Å². The number of nitrogens with one attached hydrogen (secondary N) is 3. The van der Waals surface area contributed by atoms with E-state index in [9.17, 15) is 14.4 Å². The van der Waals surface area contributed by atoms with Gasteiger partial charge in [0.1, 0.15) is 0 Å². The Kier molecular flexibility index (Phi) is 9.10. The molecule has 0 aliphatic rings. The first kappa shape index (κ1) is 19.6. The van der Waals surface area contributed by atoms with Crippen molar-refractivity contribution in [3.63, 3.8) is 0 Å². The van der Waals surface area contributed by atoms with Crippen LogP contribution in [0.4, 0.5) is 4.79 Å². The van der Waals surface area contributed by atoms with Gasteiger partial charge in [-0.2, -0.15) is 0 Å². The van der Waals surface area contributed by atoms with Crippen LogP contribution in [0.25, 0.3) is 0 Å². The van der Waals surface area contributed by atoms with Crippen LogP contribution in [0.2, 0.25) is 0 Å². The molecule has 8 heteroatoms. The number of benzene rings is 1. The molecule has 132 valence electrons. The van der Waals surface area contributed by atoms with Crippen LogP contribution in [0.1, 0.15) is 5.56 Å². The smallest absolute Gasteiger partial charge is 0.321 e. The van der Waals surface area contributed by atoms with E-state index in [2.05, 4.69) is 16.0 Å². The Morgan fingerprint density at radius 2 is 1.71 bits per heavy atom. The second-order valence-electron chi connectivity index (χ2n) is 5.23. The van der Waals surface area contributed by atoms with E-state index in [1.165, 1.54) is 4.90 Å². The summed E-state index contributed by atoms with van der Waals surface area (Å²) in [4.78, 5) is 36.5. The minimum absolute atomic E-state index is 0.0583. The zero-order valence-corrected chi connectivity index (χ0v) is 14.0. The highest BCUT2D eigenvalue weighted by molar-refractivity contribution is 5.95. The molecule has 3 N–H and O–H groups in total. The molecule has 0 aliphatic heterocycles. The summed E-state index contributed by atoms with van der Waals surface area (Å²) in [5.41, 5.74) is 0.935. The van der Waals surface area contributed by atoms with Crippen molar-refractivity contribution >= 4 is 17.8 Å². The summed E-state index contributed by atoms with van der Waals surface area (Å²) in [5, 5.41) is 7.47. The van der Waals surface area contributed by atoms with Gasteiger partial charge in [0, 0.05) is 20.2 Å². The minimum atomic E-state index is -0.568. The fraction of sp³-hybridized carbons (Fsp3) is 0.438. The van der Waals surface area contributed by atoms with Gasteiger partial charge in [-0.25, -0.2) is 4.79 Å². The summed E-state index contributed by atoms with van der Waals surface area (Å²) >= 11 is 0. The summed E-state index contributed by atoms with van der Waals surface area (Å²) in [5.74, 6) is -0.691. The van der Waals surface area contributed by atoms with Crippen LogP contribution in [-0.4, -0.2) is 63.1 Å². The predicted molar refractivity (Wildman–Crippen MR) is 89.2 cm³/mol. The number of carbonyl (C=O) groups excluding carboxylic acids is 3. The Hall–Kier alpha value is -2.45. The maximum Gasteiger partial charge on any atom is 0.321 e. The molecule has 24 heavy (non-hydrogen) atoms. The number of urea groups is 1. The van der Waals surface area contributed by atoms with Crippen LogP contribution in [0.3, 0.4) is 0 Å². The summed E-state index contributed by atoms with van der Waals surface area (Å²) in [6.07, 6.45) is 0. The number of rotatable bonds is 9. The molecule has 0 fully saturated rings. The lowest BCUT2D eigenvalue weighted by Crippen LogP contribution is -2.45. The standard InChI is InChI=1S/C16H24N4O4/c1-20(11-14(21)17-8-9-24-2)12-15(22)19-16(23)18-10-13-6-4-3-5-7-13/h3-7H,8-12H2,1-2H3,(H,17,21)(H2,18,19,22,23). The highest BCUT2D eigenvalue weighted by atomic mass is 16.5. The second kappa shape index (κ2) is 11.1. The summed E-state index contributed by atoms with van der Waals surface area (Å²) in [6, 6.07) is 8.80. The second-order valence-corrected chi connectivity index (χ2v) is 5.23. The lowest BCUT2D eigenvalue weighted by molar-refractivity contribution is -0.124. The van der Waals surface area contributed by atoms with Crippen molar-refractivity contribution in [2.75, 3.05) is 40.4 Å². The van der Waals surface area contributed by atoms with E-state index in [1.807, 2.05) is 30.3 Å². The van der Waals surface area contributed by atoms with Gasteiger partial charge in [-0.15, -0.1) is 0 Å². The zero-order chi connectivity index (χ0) is 17.8. The van der Waals surface area contributed by atoms with Gasteiger partial charge < -0.3 is 15.4 Å². The van der Waals surface area contributed by atoms with Gasteiger partial charge in [-0.3, -0.25) is 19.8 Å². The molecule has 0 atom stereocenters. The van der Waals surface area contributed by atoms with E-state index >= 15 is 0 Å². The minimum Gasteiger partial charge on any atom is -0.383 e. The van der Waals surface area contributed by atoms with Gasteiger partial charge in [-0.05, 0) is 12.6 Å². The Morgan fingerprint density at radius 1 is 1.04 bits per heavy atom. The van der Waals surface area contributed by atoms with Gasteiger partial charge in [0.2, 0.25) is 11.8 Å². The number of carbonyl (C=O) groups is 3. The Bertz CT molecular complexity index is 536. The van der Waals surface area contributed by atoms with Gasteiger partial charge in [-0.1, -0.05) is 30.3 Å². The first-order valence-corrected chi connectivity index (χ1v) is 7.57. The number of likely N-dealkylation sites (N-methyl/N-ethyl adjacent to an activating group) is 1. The van der Waals surface area contributed by atoms with Gasteiger partial charge in [0.25, 0.3) is 0 Å². The van der Waals surface area contributed by atoms with Crippen LogP contribution < -0.4 is 16.0 Å². The number of ether oxygens (including phenoxy) is 1. The van der Waals surface area contributed by atoms with Crippen LogP contribution in [-0.2, 0) is 20.9 Å². The molecule has 1 aromatic rings. The van der Waals surface area contributed by atoms with E-state index in [0.717, 1.165) is 5.56 Å². The largest absolute Gasteiger partial charge is 0.383 e. The fourth-order valence-electron chi connectivity index (χ4n) is 1.88. The van der Waals surface area contributed by atoms with E-state index in [0.29, 0.717) is 19.7 Å². The molecule has 0 aliphatic carbocycles. The first-order valence-electron chi connectivity index (χ1n) is 7.57.